The molecule has 164 valence electrons. The quantitative estimate of drug-likeness (QED) is 0.647. The summed E-state index contributed by atoms with van der Waals surface area (Å²) >= 11 is 0. The molecule has 0 amide bonds. The highest BCUT2D eigenvalue weighted by molar-refractivity contribution is 5.73. The number of rotatable bonds is 6. The summed E-state index contributed by atoms with van der Waals surface area (Å²) in [5, 5.41) is 9.01. The molecule has 0 unspecified atom stereocenters. The third kappa shape index (κ3) is 3.73. The molecule has 0 saturated heterocycles. The highest BCUT2D eigenvalue weighted by Crippen LogP contribution is 2.57. The Labute approximate surface area is 182 Å². The number of hydrogen-bond donors (Lipinski definition) is 3. The molecule has 1 heterocycles. The van der Waals surface area contributed by atoms with Gasteiger partial charge >= 0.3 is 5.97 Å². The topological polar surface area (TPSA) is 131 Å². The van der Waals surface area contributed by atoms with Crippen molar-refractivity contribution in [1.29, 1.82) is 0 Å². The van der Waals surface area contributed by atoms with Crippen molar-refractivity contribution in [3.8, 4) is 11.4 Å². The number of carboxylic acids is 1. The molecule has 1 aromatic carbocycles. The average Bonchev–Trinajstić information content (AvgIpc) is 2.72. The van der Waals surface area contributed by atoms with Gasteiger partial charge in [-0.15, -0.1) is 0 Å². The van der Waals surface area contributed by atoms with Crippen molar-refractivity contribution < 1.29 is 9.90 Å². The Morgan fingerprint density at radius 1 is 1.10 bits per heavy atom. The van der Waals surface area contributed by atoms with Gasteiger partial charge in [-0.25, -0.2) is 0 Å². The number of nitrogens with zero attached hydrogens (tertiary/aromatic N) is 4. The first kappa shape index (κ1) is 20.2. The van der Waals surface area contributed by atoms with Crippen molar-refractivity contribution in [1.82, 2.24) is 15.0 Å². The van der Waals surface area contributed by atoms with E-state index in [9.17, 15) is 4.79 Å². The van der Waals surface area contributed by atoms with Gasteiger partial charge in [0.2, 0.25) is 11.9 Å². The van der Waals surface area contributed by atoms with Crippen LogP contribution in [0, 0.1) is 17.8 Å². The molecule has 31 heavy (non-hydrogen) atoms. The Bertz CT molecular complexity index is 957. The molecule has 8 heteroatoms. The van der Waals surface area contributed by atoms with Crippen LogP contribution in [0.3, 0.4) is 0 Å². The smallest absolute Gasteiger partial charge is 0.320 e. The van der Waals surface area contributed by atoms with Gasteiger partial charge < -0.3 is 21.5 Å². The lowest BCUT2D eigenvalue weighted by atomic mass is 9.52. The first-order valence-electron chi connectivity index (χ1n) is 11.1. The van der Waals surface area contributed by atoms with Crippen LogP contribution in [0.4, 0.5) is 11.9 Å². The summed E-state index contributed by atoms with van der Waals surface area (Å²) in [4.78, 5) is 26.9. The lowest BCUT2D eigenvalue weighted by Gasteiger charge is -2.59. The second-order valence-electron chi connectivity index (χ2n) is 9.86. The molecule has 4 bridgehead atoms. The van der Waals surface area contributed by atoms with E-state index in [-0.39, 0.29) is 17.9 Å². The van der Waals surface area contributed by atoms with Gasteiger partial charge in [0.15, 0.2) is 5.82 Å². The molecule has 4 aliphatic rings. The van der Waals surface area contributed by atoms with Crippen LogP contribution in [-0.2, 0) is 11.2 Å². The van der Waals surface area contributed by atoms with Crippen molar-refractivity contribution in [2.75, 3.05) is 17.7 Å². The van der Waals surface area contributed by atoms with Crippen LogP contribution in [0.5, 0.6) is 0 Å². The predicted molar refractivity (Wildman–Crippen MR) is 118 cm³/mol. The summed E-state index contributed by atoms with van der Waals surface area (Å²) in [7, 11) is 2.11. The zero-order valence-corrected chi connectivity index (χ0v) is 17.9. The number of aromatic nitrogens is 3. The molecule has 4 aliphatic carbocycles. The lowest BCUT2D eigenvalue weighted by molar-refractivity contribution is -0.138. The molecule has 6 rings (SSSR count). The SMILES string of the molecule is CN(c1nc(N)nc(-c2ccc(C[C@H](N)C(=O)O)cc2)n1)C12CC3CC(CC(C3)C1)C2. The monoisotopic (exact) mass is 422 g/mol. The molecule has 1 atom stereocenters. The summed E-state index contributed by atoms with van der Waals surface area (Å²) in [6.45, 7) is 0. The number of nitrogens with two attached hydrogens (primary N) is 2. The van der Waals surface area contributed by atoms with Crippen LogP contribution in [0.25, 0.3) is 11.4 Å². The Kier molecular flexibility index (Phi) is 4.84. The summed E-state index contributed by atoms with van der Waals surface area (Å²) in [5.74, 6) is 2.88. The zero-order chi connectivity index (χ0) is 21.8. The molecule has 5 N–H and O–H groups in total. The third-order valence-electron chi connectivity index (χ3n) is 7.64. The van der Waals surface area contributed by atoms with Crippen molar-refractivity contribution in [3.63, 3.8) is 0 Å². The maximum absolute atomic E-state index is 11.0. The van der Waals surface area contributed by atoms with Gasteiger partial charge in [0.1, 0.15) is 6.04 Å². The van der Waals surface area contributed by atoms with E-state index in [0.29, 0.717) is 11.8 Å². The van der Waals surface area contributed by atoms with Crippen molar-refractivity contribution in [2.24, 2.45) is 23.5 Å². The number of anilines is 2. The van der Waals surface area contributed by atoms with Crippen molar-refractivity contribution in [2.45, 2.75) is 56.5 Å². The molecular formula is C23H30N6O2. The first-order chi connectivity index (χ1) is 14.8. The standard InChI is InChI=1S/C23H30N6O2/c1-29(23-10-14-6-15(11-23)8-16(7-14)12-23)22-27-19(26-21(25)28-22)17-4-2-13(3-5-17)9-18(24)20(30)31/h2-5,14-16,18H,6-12,24H2,1H3,(H,30,31)(H2,25,26,27,28)/t14?,15?,16?,18-,23?/m0/s1. The summed E-state index contributed by atoms with van der Waals surface area (Å²) in [6.07, 6.45) is 8.08. The maximum atomic E-state index is 11.0. The normalized spacial score (nSPS) is 29.7. The van der Waals surface area contributed by atoms with E-state index in [4.69, 9.17) is 21.6 Å². The van der Waals surface area contributed by atoms with Gasteiger partial charge in [-0.2, -0.15) is 15.0 Å². The third-order valence-corrected chi connectivity index (χ3v) is 7.64. The van der Waals surface area contributed by atoms with Crippen molar-refractivity contribution >= 4 is 17.9 Å². The number of carboxylic acid groups (broad SMARTS) is 1. The van der Waals surface area contributed by atoms with Crippen LogP contribution in [0.2, 0.25) is 0 Å². The molecule has 1 aromatic heterocycles. The van der Waals surface area contributed by atoms with E-state index in [1.807, 2.05) is 24.3 Å². The Balaban J connectivity index is 1.40. The van der Waals surface area contributed by atoms with Gasteiger partial charge in [-0.3, -0.25) is 4.79 Å². The van der Waals surface area contributed by atoms with E-state index in [1.165, 1.54) is 38.5 Å². The first-order valence-corrected chi connectivity index (χ1v) is 11.1. The number of hydrogen-bond acceptors (Lipinski definition) is 7. The second-order valence-corrected chi connectivity index (χ2v) is 9.86. The highest BCUT2D eigenvalue weighted by Gasteiger charge is 2.53. The van der Waals surface area contributed by atoms with Gasteiger partial charge in [0.25, 0.3) is 0 Å². The van der Waals surface area contributed by atoms with Crippen LogP contribution < -0.4 is 16.4 Å². The molecule has 4 fully saturated rings. The fourth-order valence-corrected chi connectivity index (χ4v) is 6.48. The average molecular weight is 423 g/mol. The van der Waals surface area contributed by atoms with Crippen molar-refractivity contribution in [3.05, 3.63) is 29.8 Å². The van der Waals surface area contributed by atoms with E-state index >= 15 is 0 Å². The van der Waals surface area contributed by atoms with Crippen LogP contribution in [0.15, 0.2) is 24.3 Å². The molecule has 0 aliphatic heterocycles. The van der Waals surface area contributed by atoms with E-state index < -0.39 is 12.0 Å². The fraction of sp³-hybridized carbons (Fsp3) is 0.565. The van der Waals surface area contributed by atoms with Gasteiger partial charge in [-0.05, 0) is 68.3 Å². The Hall–Kier alpha value is -2.74. The summed E-state index contributed by atoms with van der Waals surface area (Å²) in [5.41, 5.74) is 13.5. The second kappa shape index (κ2) is 7.44. The minimum Gasteiger partial charge on any atom is -0.480 e. The molecule has 8 nitrogen and oxygen atoms in total. The number of nitrogen functional groups attached to an aromatic ring is 1. The van der Waals surface area contributed by atoms with E-state index in [2.05, 4.69) is 21.9 Å². The molecular weight excluding hydrogens is 392 g/mol. The van der Waals surface area contributed by atoms with Crippen LogP contribution in [0.1, 0.15) is 44.1 Å². The Morgan fingerprint density at radius 2 is 1.68 bits per heavy atom. The zero-order valence-electron chi connectivity index (χ0n) is 17.9. The van der Waals surface area contributed by atoms with Gasteiger partial charge in [-0.1, -0.05) is 24.3 Å². The highest BCUT2D eigenvalue weighted by atomic mass is 16.4. The van der Waals surface area contributed by atoms with Gasteiger partial charge in [0.05, 0.1) is 0 Å². The molecule has 0 spiro atoms. The molecule has 2 aromatic rings. The van der Waals surface area contributed by atoms with Gasteiger partial charge in [0, 0.05) is 18.2 Å². The summed E-state index contributed by atoms with van der Waals surface area (Å²) < 4.78 is 0. The number of carbonyl (C=O) groups is 1. The Morgan fingerprint density at radius 3 is 2.23 bits per heavy atom. The molecule has 0 radical (unpaired) electrons. The largest absolute Gasteiger partial charge is 0.480 e. The predicted octanol–water partition coefficient (Wildman–Crippen LogP) is 2.48. The minimum absolute atomic E-state index is 0.136. The molecule has 4 saturated carbocycles. The van der Waals surface area contributed by atoms with E-state index in [1.54, 1.807) is 0 Å². The number of aliphatic carboxylic acids is 1. The minimum atomic E-state index is -1.01. The lowest BCUT2D eigenvalue weighted by Crippen LogP contribution is -2.59. The fourth-order valence-electron chi connectivity index (χ4n) is 6.48. The van der Waals surface area contributed by atoms with Crippen LogP contribution in [-0.4, -0.2) is 44.7 Å². The summed E-state index contributed by atoms with van der Waals surface area (Å²) in [6, 6.07) is 6.57. The van der Waals surface area contributed by atoms with Crippen LogP contribution >= 0.6 is 0 Å². The van der Waals surface area contributed by atoms with E-state index in [0.717, 1.165) is 28.9 Å². The maximum Gasteiger partial charge on any atom is 0.320 e. The number of benzene rings is 1.